The Bertz CT molecular complexity index is 1120. The van der Waals surface area contributed by atoms with Crippen LogP contribution < -0.4 is 9.62 Å². The number of azo groups is 1. The maximum atomic E-state index is 12.2. The third-order valence-corrected chi connectivity index (χ3v) is 5.23. The van der Waals surface area contributed by atoms with Gasteiger partial charge in [-0.25, -0.2) is 4.57 Å². The molecule has 2 aromatic rings. The third kappa shape index (κ3) is 5.73. The number of aromatic nitrogens is 2. The van der Waals surface area contributed by atoms with Gasteiger partial charge in [-0.2, -0.15) is 0 Å². The van der Waals surface area contributed by atoms with Crippen LogP contribution in [0.5, 0.6) is 0 Å². The first-order valence-electron chi connectivity index (χ1n) is 9.84. The molecule has 0 radical (unpaired) electrons. The molecule has 14 heteroatoms. The van der Waals surface area contributed by atoms with Crippen LogP contribution in [0.1, 0.15) is 25.8 Å². The Morgan fingerprint density at radius 1 is 1.21 bits per heavy atom. The molecule has 0 bridgehead atoms. The lowest BCUT2D eigenvalue weighted by atomic mass is 10.0. The number of imidazole rings is 1. The normalized spacial score (nSPS) is 13.6. The number of fused-ring (bicyclic) bond motifs is 1. The van der Waals surface area contributed by atoms with E-state index in [1.165, 1.54) is 4.57 Å². The highest BCUT2D eigenvalue weighted by molar-refractivity contribution is 7.95. The second-order valence-corrected chi connectivity index (χ2v) is 7.20. The number of rotatable bonds is 8. The highest BCUT2D eigenvalue weighted by atomic mass is 32.2. The first kappa shape index (κ1) is 24.3. The van der Waals surface area contributed by atoms with Gasteiger partial charge in [0.05, 0.1) is 12.2 Å². The number of hydrogen-bond acceptors (Lipinski definition) is 8. The van der Waals surface area contributed by atoms with Crippen molar-refractivity contribution in [2.75, 3.05) is 22.7 Å². The number of benzene rings is 1. The topological polar surface area (TPSA) is 85.0 Å². The predicted molar refractivity (Wildman–Crippen MR) is 117 cm³/mol. The van der Waals surface area contributed by atoms with Gasteiger partial charge in [0, 0.05) is 18.8 Å². The van der Waals surface area contributed by atoms with Crippen LogP contribution in [0.3, 0.4) is 0 Å². The van der Waals surface area contributed by atoms with E-state index in [1.807, 2.05) is 6.92 Å². The summed E-state index contributed by atoms with van der Waals surface area (Å²) in [4.78, 5) is 16.1. The zero-order valence-electron chi connectivity index (χ0n) is 17.7. The summed E-state index contributed by atoms with van der Waals surface area (Å²) < 4.78 is 44.8. The molecule has 0 amide bonds. The van der Waals surface area contributed by atoms with E-state index in [1.54, 1.807) is 19.1 Å². The molecule has 1 N–H and O–H groups in total. The maximum absolute atomic E-state index is 12.2. The summed E-state index contributed by atoms with van der Waals surface area (Å²) in [6.45, 7) is 20.2. The Morgan fingerprint density at radius 2 is 2.00 bits per heavy atom. The lowest BCUT2D eigenvalue weighted by molar-refractivity contribution is -0.440. The van der Waals surface area contributed by atoms with Gasteiger partial charge in [-0.05, 0) is 44.4 Å². The van der Waals surface area contributed by atoms with Crippen LogP contribution in [0.2, 0.25) is 0 Å². The van der Waals surface area contributed by atoms with E-state index in [-0.39, 0.29) is 29.8 Å². The predicted octanol–water partition coefficient (Wildman–Crippen LogP) is 6.64. The fourth-order valence-electron chi connectivity index (χ4n) is 3.38. The molecular weight excluding hydrogens is 461 g/mol. The van der Waals surface area contributed by atoms with E-state index in [0.29, 0.717) is 17.9 Å². The van der Waals surface area contributed by atoms with Gasteiger partial charge in [-0.1, -0.05) is 23.2 Å². The molecule has 0 saturated heterocycles. The second kappa shape index (κ2) is 10.5. The summed E-state index contributed by atoms with van der Waals surface area (Å²) in [5, 5.41) is 8.33. The van der Waals surface area contributed by atoms with Crippen molar-refractivity contribution in [1.82, 2.24) is 9.55 Å². The molecule has 0 fully saturated rings. The molecule has 3 rings (SSSR count). The van der Waals surface area contributed by atoms with Crippen molar-refractivity contribution in [3.05, 3.63) is 40.5 Å². The summed E-state index contributed by atoms with van der Waals surface area (Å²) in [7, 11) is 0. The smallest absolute Gasteiger partial charge is 0.373 e. The van der Waals surface area contributed by atoms with Crippen molar-refractivity contribution < 1.29 is 22.4 Å². The van der Waals surface area contributed by atoms with Crippen LogP contribution in [0, 0.1) is 13.1 Å². The van der Waals surface area contributed by atoms with Gasteiger partial charge >= 0.3 is 12.3 Å². The van der Waals surface area contributed by atoms with Crippen LogP contribution in [0.4, 0.5) is 47.8 Å². The molecule has 2 heterocycles. The summed E-state index contributed by atoms with van der Waals surface area (Å²) in [5.74, 6) is 0.0752. The quantitative estimate of drug-likeness (QED) is 0.0868. The Hall–Kier alpha value is -3.33. The minimum Gasteiger partial charge on any atom is -0.373 e. The molecule has 174 valence electrons. The summed E-state index contributed by atoms with van der Waals surface area (Å²) in [5.41, 5.74) is 2.62. The molecule has 10 nitrogen and oxygen atoms in total. The number of anilines is 2. The largest absolute Gasteiger partial charge is 0.550 e. The van der Waals surface area contributed by atoms with Crippen molar-refractivity contribution in [2.45, 2.75) is 39.6 Å². The van der Waals surface area contributed by atoms with Crippen LogP contribution in [0.25, 0.3) is 9.69 Å². The maximum Gasteiger partial charge on any atom is 0.550 e. The molecule has 1 aliphatic heterocycles. The number of hydrogen-bond donors (Lipinski definition) is 1. The van der Waals surface area contributed by atoms with Gasteiger partial charge in [-0.3, -0.25) is 0 Å². The minimum atomic E-state index is -4.94. The van der Waals surface area contributed by atoms with E-state index in [2.05, 4.69) is 43.7 Å². The van der Waals surface area contributed by atoms with Crippen LogP contribution in [-0.4, -0.2) is 29.0 Å². The van der Waals surface area contributed by atoms with Gasteiger partial charge in [0.25, 0.3) is 11.6 Å². The molecule has 0 atom stereocenters. The highest BCUT2D eigenvalue weighted by Crippen LogP contribution is 2.40. The Kier molecular flexibility index (Phi) is 7.75. The van der Waals surface area contributed by atoms with Gasteiger partial charge in [0.1, 0.15) is 17.9 Å². The molecule has 1 aromatic carbocycles. The van der Waals surface area contributed by atoms with Gasteiger partial charge < -0.3 is 19.3 Å². The number of alkyl halides is 3. The summed E-state index contributed by atoms with van der Waals surface area (Å²) in [6, 6.07) is 3.55. The minimum absolute atomic E-state index is 0.0667. The molecular formula is C19H19F3N8O2S. The fourth-order valence-corrected chi connectivity index (χ4v) is 3.78. The molecule has 0 aliphatic carbocycles. The van der Waals surface area contributed by atoms with Crippen molar-refractivity contribution in [2.24, 2.45) is 10.2 Å². The number of aryl methyl sites for hydroxylation is 1. The second-order valence-electron chi connectivity index (χ2n) is 6.69. The molecule has 33 heavy (non-hydrogen) atoms. The van der Waals surface area contributed by atoms with Crippen molar-refractivity contribution >= 4 is 46.9 Å². The van der Waals surface area contributed by atoms with E-state index in [4.69, 9.17) is 13.1 Å². The van der Waals surface area contributed by atoms with E-state index in [9.17, 15) is 13.2 Å². The van der Waals surface area contributed by atoms with Crippen molar-refractivity contribution in [3.8, 4) is 0 Å². The van der Waals surface area contributed by atoms with Gasteiger partial charge in [-0.15, -0.1) is 27.5 Å². The molecule has 1 aliphatic rings. The Balaban J connectivity index is 1.95. The van der Waals surface area contributed by atoms with Gasteiger partial charge in [0.2, 0.25) is 0 Å². The average molecular weight is 480 g/mol. The number of halogens is 3. The Labute approximate surface area is 192 Å². The van der Waals surface area contributed by atoms with E-state index >= 15 is 0 Å². The van der Waals surface area contributed by atoms with Crippen LogP contribution >= 0.6 is 12.2 Å². The van der Waals surface area contributed by atoms with Crippen LogP contribution in [0.15, 0.2) is 22.4 Å². The first-order chi connectivity index (χ1) is 15.8. The molecule has 0 spiro atoms. The molecule has 0 unspecified atom stereocenters. The van der Waals surface area contributed by atoms with Crippen molar-refractivity contribution in [1.29, 1.82) is 0 Å². The number of nitrogens with zero attached hydrogens (tertiary/aromatic N) is 7. The van der Waals surface area contributed by atoms with Crippen molar-refractivity contribution in [3.63, 3.8) is 0 Å². The first-order valence-corrected chi connectivity index (χ1v) is 10.6. The third-order valence-electron chi connectivity index (χ3n) is 4.79. The SMILES string of the molecule is [C-]#[N+]c1nc(N=Nc2cc3c(cc2NSOOC(F)(F)F)N(CC)CCC3)n(CC)c1[N+]#[C-]. The standard InChI is InChI=1S/C19H19F3N8O2S/c1-5-29-9-7-8-12-10-13(14(11-15(12)29)28-33-32-31-19(20,21)22)26-27-18-25-16(23-3)17(24-4)30(18)6-2/h10-11,28H,5-9H2,1-2H3. The number of nitrogens with one attached hydrogen (secondary N) is 1. The zero-order chi connectivity index (χ0) is 24.0. The van der Waals surface area contributed by atoms with Crippen LogP contribution in [-0.2, 0) is 22.2 Å². The lowest BCUT2D eigenvalue weighted by Crippen LogP contribution is -2.28. The fraction of sp³-hybridized carbons (Fsp3) is 0.421. The molecule has 1 aromatic heterocycles. The van der Waals surface area contributed by atoms with E-state index in [0.717, 1.165) is 37.2 Å². The zero-order valence-corrected chi connectivity index (χ0v) is 18.5. The lowest BCUT2D eigenvalue weighted by Gasteiger charge is -2.31. The molecule has 0 saturated carbocycles. The monoisotopic (exact) mass is 480 g/mol. The Morgan fingerprint density at radius 3 is 2.64 bits per heavy atom. The highest BCUT2D eigenvalue weighted by Gasteiger charge is 2.31. The summed E-state index contributed by atoms with van der Waals surface area (Å²) >= 11 is 0.237. The van der Waals surface area contributed by atoms with E-state index < -0.39 is 6.36 Å². The summed E-state index contributed by atoms with van der Waals surface area (Å²) in [6.07, 6.45) is -3.18. The average Bonchev–Trinajstić information content (AvgIpc) is 3.15. The van der Waals surface area contributed by atoms with Gasteiger partial charge in [0.15, 0.2) is 0 Å².